The van der Waals surface area contributed by atoms with Crippen molar-refractivity contribution in [1.29, 1.82) is 0 Å². The summed E-state index contributed by atoms with van der Waals surface area (Å²) < 4.78 is 5.54. The largest absolute Gasteiger partial charge is 0.491 e. The number of ether oxygens (including phenoxy) is 1. The van der Waals surface area contributed by atoms with E-state index in [1.165, 1.54) is 0 Å². The molecule has 17 heavy (non-hydrogen) atoms. The topological polar surface area (TPSA) is 96.4 Å². The Hall–Kier alpha value is -2.20. The van der Waals surface area contributed by atoms with Crippen LogP contribution in [0.25, 0.3) is 10.4 Å². The molecule has 1 aliphatic heterocycles. The predicted octanol–water partition coefficient (Wildman–Crippen LogP) is 2.28. The number of rotatable bonds is 5. The molecule has 1 heterocycles. The van der Waals surface area contributed by atoms with E-state index in [2.05, 4.69) is 15.0 Å². The zero-order chi connectivity index (χ0) is 12.1. The third-order valence-electron chi connectivity index (χ3n) is 2.49. The summed E-state index contributed by atoms with van der Waals surface area (Å²) >= 11 is 0. The average Bonchev–Trinajstić information content (AvgIpc) is 2.76. The quantitative estimate of drug-likeness (QED) is 0.276. The van der Waals surface area contributed by atoms with Crippen LogP contribution in [0.5, 0.6) is 5.75 Å². The van der Waals surface area contributed by atoms with E-state index in [4.69, 9.17) is 16.0 Å². The summed E-state index contributed by atoms with van der Waals surface area (Å²) in [5.41, 5.74) is 16.8. The Morgan fingerprint density at radius 2 is 2.41 bits per heavy atom. The number of hydrogen-bond acceptors (Lipinski definition) is 4. The molecule has 1 aliphatic rings. The van der Waals surface area contributed by atoms with Crippen LogP contribution < -0.4 is 10.5 Å². The fourth-order valence-corrected chi connectivity index (χ4v) is 1.64. The Balaban J connectivity index is 1.95. The van der Waals surface area contributed by atoms with Crippen LogP contribution in [0.2, 0.25) is 0 Å². The third-order valence-corrected chi connectivity index (χ3v) is 2.49. The number of benzene rings is 1. The predicted molar refractivity (Wildman–Crippen MR) is 66.3 cm³/mol. The van der Waals surface area contributed by atoms with Gasteiger partial charge in [-0.3, -0.25) is 4.99 Å². The van der Waals surface area contributed by atoms with Crippen LogP contribution in [-0.4, -0.2) is 19.4 Å². The van der Waals surface area contributed by atoms with Crippen molar-refractivity contribution in [2.75, 3.05) is 18.9 Å². The minimum Gasteiger partial charge on any atom is -0.491 e. The average molecular weight is 231 g/mol. The summed E-state index contributed by atoms with van der Waals surface area (Å²) in [7, 11) is 0. The molecule has 1 aromatic carbocycles. The van der Waals surface area contributed by atoms with Gasteiger partial charge in [0.1, 0.15) is 5.75 Å². The van der Waals surface area contributed by atoms with Crippen LogP contribution in [0.3, 0.4) is 0 Å². The molecule has 0 aromatic heterocycles. The number of aliphatic imine (C=N–C) groups is 1. The van der Waals surface area contributed by atoms with Crippen LogP contribution in [0.1, 0.15) is 17.5 Å². The molecule has 6 nitrogen and oxygen atoms in total. The Morgan fingerprint density at radius 3 is 3.24 bits per heavy atom. The van der Waals surface area contributed by atoms with Crippen molar-refractivity contribution in [3.8, 4) is 5.75 Å². The number of nitrogens with zero attached hydrogens (tertiary/aromatic N) is 4. The highest BCUT2D eigenvalue weighted by atomic mass is 16.5. The van der Waals surface area contributed by atoms with E-state index in [0.717, 1.165) is 11.1 Å². The van der Waals surface area contributed by atoms with Gasteiger partial charge in [-0.1, -0.05) is 5.11 Å². The van der Waals surface area contributed by atoms with Crippen molar-refractivity contribution in [1.82, 2.24) is 0 Å². The molecule has 0 amide bonds. The molecule has 0 spiro atoms. The number of anilines is 1. The second-order valence-corrected chi connectivity index (χ2v) is 3.72. The maximum absolute atomic E-state index is 8.12. The Kier molecular flexibility index (Phi) is 3.47. The normalized spacial score (nSPS) is 12.0. The first-order valence-electron chi connectivity index (χ1n) is 5.37. The molecular formula is C11H13N5O. The molecule has 0 unspecified atom stereocenters. The molecule has 2 rings (SSSR count). The van der Waals surface area contributed by atoms with Gasteiger partial charge in [-0.05, 0) is 35.2 Å². The highest BCUT2D eigenvalue weighted by molar-refractivity contribution is 5.86. The number of nitrogens with two attached hydrogens (primary N) is 1. The maximum atomic E-state index is 8.12. The molecule has 6 heteroatoms. The molecule has 88 valence electrons. The van der Waals surface area contributed by atoms with Crippen molar-refractivity contribution >= 4 is 11.9 Å². The van der Waals surface area contributed by atoms with Gasteiger partial charge in [0.25, 0.3) is 0 Å². The van der Waals surface area contributed by atoms with Crippen molar-refractivity contribution in [3.05, 3.63) is 33.7 Å². The number of azide groups is 1. The van der Waals surface area contributed by atoms with Crippen molar-refractivity contribution < 1.29 is 4.74 Å². The van der Waals surface area contributed by atoms with E-state index in [0.29, 0.717) is 37.6 Å². The minimum absolute atomic E-state index is 0.435. The summed E-state index contributed by atoms with van der Waals surface area (Å²) in [6, 6.07) is 3.79. The summed E-state index contributed by atoms with van der Waals surface area (Å²) in [6.07, 6.45) is 2.49. The van der Waals surface area contributed by atoms with E-state index < -0.39 is 0 Å². The summed E-state index contributed by atoms with van der Waals surface area (Å²) in [4.78, 5) is 6.84. The number of nitrogen functional groups attached to an aromatic ring is 1. The highest BCUT2D eigenvalue weighted by Crippen LogP contribution is 2.28. The zero-order valence-corrected chi connectivity index (χ0v) is 9.33. The first-order chi connectivity index (χ1) is 8.31. The second kappa shape index (κ2) is 5.23. The second-order valence-electron chi connectivity index (χ2n) is 3.72. The van der Waals surface area contributed by atoms with Crippen molar-refractivity contribution in [2.24, 2.45) is 10.1 Å². The lowest BCUT2D eigenvalue weighted by atomic mass is 10.1. The van der Waals surface area contributed by atoms with Gasteiger partial charge < -0.3 is 10.5 Å². The van der Waals surface area contributed by atoms with E-state index >= 15 is 0 Å². The lowest BCUT2D eigenvalue weighted by molar-refractivity contribution is 0.315. The lowest BCUT2D eigenvalue weighted by Crippen LogP contribution is -2.03. The Bertz CT molecular complexity index is 491. The molecule has 0 saturated carbocycles. The van der Waals surface area contributed by atoms with Gasteiger partial charge in [0.15, 0.2) is 0 Å². The van der Waals surface area contributed by atoms with Gasteiger partial charge in [-0.25, -0.2) is 0 Å². The zero-order valence-electron chi connectivity index (χ0n) is 9.33. The van der Waals surface area contributed by atoms with Crippen molar-refractivity contribution in [2.45, 2.75) is 13.0 Å². The van der Waals surface area contributed by atoms with Gasteiger partial charge in [0.2, 0.25) is 0 Å². The van der Waals surface area contributed by atoms with Gasteiger partial charge in [0, 0.05) is 17.7 Å². The molecule has 0 aliphatic carbocycles. The molecule has 0 atom stereocenters. The summed E-state index contributed by atoms with van der Waals surface area (Å²) in [5.74, 6) is 0.676. The lowest BCUT2D eigenvalue weighted by Gasteiger charge is -2.10. The highest BCUT2D eigenvalue weighted by Gasteiger charge is 2.10. The smallest absolute Gasteiger partial charge is 0.142 e. The number of hydrogen-bond donors (Lipinski definition) is 1. The molecule has 1 aromatic rings. The van der Waals surface area contributed by atoms with E-state index in [1.54, 1.807) is 0 Å². The SMILES string of the molecule is [N-]=[N+]=NCCCOc1cc2c(cc1N)C=NC2. The maximum Gasteiger partial charge on any atom is 0.142 e. The molecular weight excluding hydrogens is 218 g/mol. The first kappa shape index (κ1) is 11.3. The molecule has 0 saturated heterocycles. The monoisotopic (exact) mass is 231 g/mol. The van der Waals surface area contributed by atoms with Gasteiger partial charge in [0.05, 0.1) is 18.8 Å². The van der Waals surface area contributed by atoms with E-state index in [-0.39, 0.29) is 0 Å². The van der Waals surface area contributed by atoms with E-state index in [9.17, 15) is 0 Å². The third kappa shape index (κ3) is 2.68. The van der Waals surface area contributed by atoms with Gasteiger partial charge >= 0.3 is 0 Å². The van der Waals surface area contributed by atoms with Crippen LogP contribution >= 0.6 is 0 Å². The summed E-state index contributed by atoms with van der Waals surface area (Å²) in [6.45, 7) is 1.61. The van der Waals surface area contributed by atoms with Crippen LogP contribution in [0.15, 0.2) is 22.2 Å². The van der Waals surface area contributed by atoms with Gasteiger partial charge in [-0.15, -0.1) is 0 Å². The number of fused-ring (bicyclic) bond motifs is 1. The molecule has 0 bridgehead atoms. The molecule has 0 radical (unpaired) electrons. The molecule has 2 N–H and O–H groups in total. The fourth-order valence-electron chi connectivity index (χ4n) is 1.64. The first-order valence-corrected chi connectivity index (χ1v) is 5.37. The van der Waals surface area contributed by atoms with Crippen LogP contribution in [0, 0.1) is 0 Å². The van der Waals surface area contributed by atoms with Gasteiger partial charge in [-0.2, -0.15) is 0 Å². The molecule has 0 fully saturated rings. The van der Waals surface area contributed by atoms with E-state index in [1.807, 2.05) is 18.3 Å². The minimum atomic E-state index is 0.435. The van der Waals surface area contributed by atoms with Crippen LogP contribution in [0.4, 0.5) is 5.69 Å². The summed E-state index contributed by atoms with van der Waals surface area (Å²) in [5, 5.41) is 3.43. The Morgan fingerprint density at radius 1 is 1.53 bits per heavy atom. The van der Waals surface area contributed by atoms with Crippen LogP contribution in [-0.2, 0) is 6.54 Å². The fraction of sp³-hybridized carbons (Fsp3) is 0.364. The Labute approximate surface area is 98.7 Å². The van der Waals surface area contributed by atoms with Crippen molar-refractivity contribution in [3.63, 3.8) is 0 Å². The standard InChI is InChI=1S/C11H13N5O/c12-10-4-8-6-14-7-9(8)5-11(10)17-3-1-2-15-16-13/h4-6H,1-3,7,12H2.